The third-order valence-electron chi connectivity index (χ3n) is 0.827. The van der Waals surface area contributed by atoms with Crippen molar-refractivity contribution in [2.24, 2.45) is 0 Å². The molecule has 0 saturated heterocycles. The summed E-state index contributed by atoms with van der Waals surface area (Å²) in [5.74, 6) is 8.83. The minimum absolute atomic E-state index is 0.232. The van der Waals surface area contributed by atoms with E-state index >= 15 is 0 Å². The molecule has 0 N–H and O–H groups in total. The fraction of sp³-hybridized carbons (Fsp3) is 0. The molecule has 0 rings (SSSR count). The smallest absolute Gasteiger partial charge is 0.113 e. The highest BCUT2D eigenvalue weighted by molar-refractivity contribution is 5.48. The second-order valence-corrected chi connectivity index (χ2v) is 1.45. The van der Waals surface area contributed by atoms with Crippen LogP contribution in [0.4, 0.5) is 0 Å². The largest absolute Gasteiger partial charge is 0.118 e. The first-order valence-electron chi connectivity index (χ1n) is 2.65. The van der Waals surface area contributed by atoms with Crippen LogP contribution in [-0.2, 0) is 0 Å². The lowest BCUT2D eigenvalue weighted by Crippen LogP contribution is -1.70. The lowest BCUT2D eigenvalue weighted by atomic mass is 10.2. The minimum atomic E-state index is 0.232. The van der Waals surface area contributed by atoms with E-state index in [4.69, 9.17) is 25.7 Å². The summed E-state index contributed by atoms with van der Waals surface area (Å²) >= 11 is 0. The number of hydrogen-bond donors (Lipinski definition) is 0. The molecule has 0 atom stereocenters. The topological polar surface area (TPSA) is 0 Å². The van der Waals surface area contributed by atoms with Gasteiger partial charge >= 0.3 is 0 Å². The van der Waals surface area contributed by atoms with Gasteiger partial charge < -0.3 is 0 Å². The average molecular weight is 136 g/mol. The van der Waals surface area contributed by atoms with Gasteiger partial charge in [-0.2, -0.15) is 0 Å². The van der Waals surface area contributed by atoms with Gasteiger partial charge in [-0.3, -0.25) is 0 Å². The summed E-state index contributed by atoms with van der Waals surface area (Å²) in [5, 5.41) is 0. The number of allylic oxidation sites excluding steroid dienone is 1. The van der Waals surface area contributed by atoms with Crippen molar-refractivity contribution in [1.82, 2.24) is 0 Å². The highest BCUT2D eigenvalue weighted by atomic mass is 13.8. The van der Waals surface area contributed by atoms with Crippen LogP contribution in [0.3, 0.4) is 0 Å². The molecule has 0 nitrogen and oxygen atoms in total. The van der Waals surface area contributed by atoms with Gasteiger partial charge in [-0.1, -0.05) is 29.4 Å². The van der Waals surface area contributed by atoms with Crippen molar-refractivity contribution in [2.75, 3.05) is 0 Å². The third kappa shape index (κ3) is 2.70. The summed E-state index contributed by atoms with van der Waals surface area (Å²) in [5.41, 5.74) is 3.01. The van der Waals surface area contributed by atoms with E-state index in [1.54, 1.807) is 0 Å². The predicted octanol–water partition coefficient (Wildman–Crippen LogP) is 0.971. The predicted molar refractivity (Wildman–Crippen MR) is 45.9 cm³/mol. The zero-order valence-electron chi connectivity index (χ0n) is 5.81. The first kappa shape index (κ1) is 8.76. The number of hydrogen-bond acceptors (Lipinski definition) is 0. The van der Waals surface area contributed by atoms with Crippen molar-refractivity contribution in [3.63, 3.8) is 0 Å². The fourth-order valence-electron chi connectivity index (χ4n) is 0.353. The fourth-order valence-corrected chi connectivity index (χ4v) is 0.353. The normalized spacial score (nSPS) is 5.45. The molecule has 0 aromatic rings. The van der Waals surface area contributed by atoms with Gasteiger partial charge in [0.15, 0.2) is 0 Å². The Balaban J connectivity index is 5.31. The Labute approximate surface area is 67.0 Å². The maximum atomic E-state index is 5.00. The van der Waals surface area contributed by atoms with Gasteiger partial charge in [0.25, 0.3) is 0 Å². The minimum Gasteiger partial charge on any atom is -0.113 e. The van der Waals surface area contributed by atoms with E-state index in [1.807, 2.05) is 0 Å². The van der Waals surface area contributed by atoms with Crippen molar-refractivity contribution in [3.05, 3.63) is 16.9 Å². The molecule has 0 aromatic carbocycles. The van der Waals surface area contributed by atoms with Crippen LogP contribution in [-0.4, -0.2) is 0 Å². The van der Waals surface area contributed by atoms with Crippen LogP contribution in [0.2, 0.25) is 0 Å². The summed E-state index contributed by atoms with van der Waals surface area (Å²) in [4.78, 5) is 0. The molecule has 0 aliphatic heterocycles. The Kier molecular flexibility index (Phi) is 3.68. The van der Waals surface area contributed by atoms with Crippen LogP contribution in [0.15, 0.2) is 16.9 Å². The molecule has 0 heteroatoms. The van der Waals surface area contributed by atoms with Crippen LogP contribution in [0.1, 0.15) is 0 Å². The lowest BCUT2D eigenvalue weighted by molar-refractivity contribution is 1.85. The molecule has 11 heavy (non-hydrogen) atoms. The van der Waals surface area contributed by atoms with Gasteiger partial charge in [0.1, 0.15) is 11.1 Å². The van der Waals surface area contributed by atoms with Gasteiger partial charge in [0, 0.05) is 0 Å². The molecule has 0 amide bonds. The molecule has 0 unspecified atom stereocenters. The Bertz CT molecular complexity index is 304. The first-order valence-corrected chi connectivity index (χ1v) is 2.65. The van der Waals surface area contributed by atoms with Gasteiger partial charge in [-0.25, -0.2) is 0 Å². The second-order valence-electron chi connectivity index (χ2n) is 1.45. The molecule has 0 heterocycles. The monoisotopic (exact) mass is 136 g/mol. The van der Waals surface area contributed by atoms with Gasteiger partial charge in [-0.15, -0.1) is 25.7 Å². The molecule has 0 radical (unpaired) electrons. The van der Waals surface area contributed by atoms with Crippen molar-refractivity contribution in [3.8, 4) is 49.4 Å². The van der Waals surface area contributed by atoms with E-state index in [-0.39, 0.29) is 11.1 Å². The van der Waals surface area contributed by atoms with Crippen LogP contribution in [0.5, 0.6) is 0 Å². The quantitative estimate of drug-likeness (QED) is 0.344. The molecule has 0 fully saturated rings. The average Bonchev–Trinajstić information content (AvgIpc) is 2.07. The van der Waals surface area contributed by atoms with Crippen LogP contribution in [0, 0.1) is 49.4 Å². The van der Waals surface area contributed by atoms with E-state index in [0.29, 0.717) is 0 Å². The molecular weight excluding hydrogens is 132 g/mol. The van der Waals surface area contributed by atoms with Crippen molar-refractivity contribution in [2.45, 2.75) is 0 Å². The van der Waals surface area contributed by atoms with Crippen molar-refractivity contribution < 1.29 is 0 Å². The zero-order chi connectivity index (χ0) is 8.69. The molecule has 0 saturated carbocycles. The maximum Gasteiger partial charge on any atom is 0.118 e. The van der Waals surface area contributed by atoms with Crippen LogP contribution in [0.25, 0.3) is 0 Å². The Morgan fingerprint density at radius 2 is 0.909 bits per heavy atom. The number of terminal acetylenes is 4. The van der Waals surface area contributed by atoms with E-state index in [1.165, 1.54) is 0 Å². The van der Waals surface area contributed by atoms with Gasteiger partial charge in [-0.05, 0) is 0 Å². The summed E-state index contributed by atoms with van der Waals surface area (Å²) in [6, 6.07) is 0. The van der Waals surface area contributed by atoms with Gasteiger partial charge in [0.2, 0.25) is 0 Å². The third-order valence-corrected chi connectivity index (χ3v) is 0.827. The lowest BCUT2D eigenvalue weighted by Gasteiger charge is -1.78. The first-order chi connectivity index (χ1) is 5.28. The zero-order valence-corrected chi connectivity index (χ0v) is 5.81. The van der Waals surface area contributed by atoms with Gasteiger partial charge in [0.05, 0.1) is 0 Å². The Hall–Kier alpha value is -2.24. The molecule has 0 spiro atoms. The summed E-state index contributed by atoms with van der Waals surface area (Å²) < 4.78 is 0. The molecule has 48 valence electrons. The molecule has 0 aliphatic carbocycles. The molecule has 0 bridgehead atoms. The molecular formula is C11H4. The highest BCUT2D eigenvalue weighted by Crippen LogP contribution is 1.90. The molecule has 0 aliphatic rings. The number of rotatable bonds is 0. The van der Waals surface area contributed by atoms with Crippen LogP contribution < -0.4 is 0 Å². The van der Waals surface area contributed by atoms with Crippen molar-refractivity contribution >= 4 is 0 Å². The summed E-state index contributed by atoms with van der Waals surface area (Å²) in [7, 11) is 0. The second kappa shape index (κ2) is 4.62. The highest BCUT2D eigenvalue weighted by Gasteiger charge is 1.83. The van der Waals surface area contributed by atoms with E-state index in [2.05, 4.69) is 29.4 Å². The van der Waals surface area contributed by atoms with E-state index < -0.39 is 0 Å². The summed E-state index contributed by atoms with van der Waals surface area (Å²) in [6.45, 7) is 0. The molecule has 0 aromatic heterocycles. The van der Waals surface area contributed by atoms with E-state index in [9.17, 15) is 0 Å². The maximum absolute atomic E-state index is 5.00. The Morgan fingerprint density at radius 3 is 1.09 bits per heavy atom. The van der Waals surface area contributed by atoms with E-state index in [0.717, 1.165) is 0 Å². The SMILES string of the molecule is C#CC(=C=C(C#C)C#C)C#C. The van der Waals surface area contributed by atoms with Crippen LogP contribution >= 0.6 is 0 Å². The Morgan fingerprint density at radius 1 is 0.636 bits per heavy atom. The summed E-state index contributed by atoms with van der Waals surface area (Å²) in [6.07, 6.45) is 20.0. The standard InChI is InChI=1S/C11H4/c1-5-10(6-2)9-11(7-3)8-4/h1-4H. The van der Waals surface area contributed by atoms with Crippen molar-refractivity contribution in [1.29, 1.82) is 0 Å².